The van der Waals surface area contributed by atoms with Gasteiger partial charge in [-0.1, -0.05) is 13.8 Å². The Balaban J connectivity index is 4.72. The van der Waals surface area contributed by atoms with Gasteiger partial charge in [0.05, 0.1) is 6.61 Å². The highest BCUT2D eigenvalue weighted by Crippen LogP contribution is 2.22. The van der Waals surface area contributed by atoms with Crippen LogP contribution in [0.15, 0.2) is 23.5 Å². The Hall–Kier alpha value is -1.09. The van der Waals surface area contributed by atoms with E-state index in [-0.39, 0.29) is 19.1 Å². The van der Waals surface area contributed by atoms with E-state index in [9.17, 15) is 4.79 Å². The van der Waals surface area contributed by atoms with Crippen LogP contribution in [0.25, 0.3) is 0 Å². The van der Waals surface area contributed by atoms with Crippen LogP contribution in [0, 0.1) is 5.92 Å². The van der Waals surface area contributed by atoms with Gasteiger partial charge in [0.15, 0.2) is 0 Å². The van der Waals surface area contributed by atoms with E-state index in [2.05, 4.69) is 6.92 Å². The number of aldehydes is 1. The summed E-state index contributed by atoms with van der Waals surface area (Å²) in [5.74, 6) is 0.964. The molecule has 0 radical (unpaired) electrons. The first-order valence-corrected chi connectivity index (χ1v) is 5.26. The second-order valence-electron chi connectivity index (χ2n) is 3.29. The van der Waals surface area contributed by atoms with Crippen molar-refractivity contribution in [3.63, 3.8) is 0 Å². The van der Waals surface area contributed by atoms with E-state index in [0.717, 1.165) is 18.3 Å². The summed E-state index contributed by atoms with van der Waals surface area (Å²) >= 11 is 0. The molecule has 3 nitrogen and oxygen atoms in total. The van der Waals surface area contributed by atoms with Crippen LogP contribution in [-0.2, 0) is 9.53 Å². The van der Waals surface area contributed by atoms with Crippen LogP contribution in [-0.4, -0.2) is 24.6 Å². The van der Waals surface area contributed by atoms with Crippen LogP contribution in [0.2, 0.25) is 0 Å². The van der Waals surface area contributed by atoms with E-state index < -0.39 is 0 Å². The second-order valence-corrected chi connectivity index (χ2v) is 3.29. The minimum Gasteiger partial charge on any atom is -0.491 e. The highest BCUT2D eigenvalue weighted by molar-refractivity contribution is 5.68. The number of hydrogen-bond donors (Lipinski definition) is 1. The Bertz CT molecular complexity index is 241. The van der Waals surface area contributed by atoms with Crippen molar-refractivity contribution in [3.05, 3.63) is 23.5 Å². The molecule has 0 aliphatic rings. The lowest BCUT2D eigenvalue weighted by Crippen LogP contribution is -2.07. The quantitative estimate of drug-likeness (QED) is 0.304. The predicted octanol–water partition coefficient (Wildman–Crippen LogP) is 2.07. The van der Waals surface area contributed by atoms with E-state index in [1.165, 1.54) is 6.08 Å². The lowest BCUT2D eigenvalue weighted by molar-refractivity contribution is -0.104. The summed E-state index contributed by atoms with van der Waals surface area (Å²) in [6.45, 7) is 6.19. The molecule has 0 rings (SSSR count). The lowest BCUT2D eigenvalue weighted by atomic mass is 9.96. The second kappa shape index (κ2) is 8.24. The van der Waals surface area contributed by atoms with E-state index in [1.807, 2.05) is 19.9 Å². The number of hydrogen-bond acceptors (Lipinski definition) is 3. The third-order valence-electron chi connectivity index (χ3n) is 2.29. The number of aliphatic hydroxyl groups is 1. The first-order chi connectivity index (χ1) is 7.21. The zero-order valence-electron chi connectivity index (χ0n) is 9.69. The van der Waals surface area contributed by atoms with Crippen LogP contribution in [0.4, 0.5) is 0 Å². The maximum atomic E-state index is 10.5. The van der Waals surface area contributed by atoms with Gasteiger partial charge in [0.2, 0.25) is 0 Å². The van der Waals surface area contributed by atoms with Gasteiger partial charge in [0.25, 0.3) is 0 Å². The molecule has 0 bridgehead atoms. The van der Waals surface area contributed by atoms with Gasteiger partial charge < -0.3 is 9.84 Å². The fourth-order valence-corrected chi connectivity index (χ4v) is 1.27. The lowest BCUT2D eigenvalue weighted by Gasteiger charge is -2.17. The predicted molar refractivity (Wildman–Crippen MR) is 60.4 cm³/mol. The average molecular weight is 212 g/mol. The Labute approximate surface area is 91.4 Å². The highest BCUT2D eigenvalue weighted by atomic mass is 16.5. The zero-order valence-corrected chi connectivity index (χ0v) is 9.69. The molecule has 0 aromatic rings. The maximum absolute atomic E-state index is 10.5. The number of carbonyl (C=O) groups excluding carboxylic acids is 1. The van der Waals surface area contributed by atoms with E-state index in [1.54, 1.807) is 0 Å². The van der Waals surface area contributed by atoms with E-state index in [4.69, 9.17) is 9.84 Å². The van der Waals surface area contributed by atoms with Crippen molar-refractivity contribution in [2.24, 2.45) is 5.92 Å². The van der Waals surface area contributed by atoms with Crippen molar-refractivity contribution in [3.8, 4) is 0 Å². The summed E-state index contributed by atoms with van der Waals surface area (Å²) in [6.07, 6.45) is 5.06. The molecule has 86 valence electrons. The van der Waals surface area contributed by atoms with Gasteiger partial charge in [-0.3, -0.25) is 4.79 Å². The summed E-state index contributed by atoms with van der Waals surface area (Å²) in [4.78, 5) is 10.5. The SMILES string of the molecule is CC=C(OCCO)C(=CC=O)C(C)CC. The van der Waals surface area contributed by atoms with Crippen LogP contribution >= 0.6 is 0 Å². The fraction of sp³-hybridized carbons (Fsp3) is 0.583. The topological polar surface area (TPSA) is 46.5 Å². The van der Waals surface area contributed by atoms with Crippen LogP contribution in [0.3, 0.4) is 0 Å². The minimum atomic E-state index is -0.0216. The molecule has 1 atom stereocenters. The number of carbonyl (C=O) groups is 1. The van der Waals surface area contributed by atoms with Crippen molar-refractivity contribution in [1.29, 1.82) is 0 Å². The summed E-state index contributed by atoms with van der Waals surface area (Å²) < 4.78 is 5.36. The molecule has 0 aromatic carbocycles. The van der Waals surface area contributed by atoms with E-state index >= 15 is 0 Å². The molecule has 0 aliphatic carbocycles. The molecule has 0 fully saturated rings. The van der Waals surface area contributed by atoms with Gasteiger partial charge in [0, 0.05) is 0 Å². The van der Waals surface area contributed by atoms with Crippen molar-refractivity contribution in [2.45, 2.75) is 27.2 Å². The first kappa shape index (κ1) is 13.9. The van der Waals surface area contributed by atoms with Gasteiger partial charge in [-0.25, -0.2) is 0 Å². The molecule has 0 aromatic heterocycles. The molecular weight excluding hydrogens is 192 g/mol. The number of allylic oxidation sites excluding steroid dienone is 3. The first-order valence-electron chi connectivity index (χ1n) is 5.26. The fourth-order valence-electron chi connectivity index (χ4n) is 1.27. The smallest absolute Gasteiger partial charge is 0.143 e. The van der Waals surface area contributed by atoms with Gasteiger partial charge in [-0.15, -0.1) is 0 Å². The Morgan fingerprint density at radius 2 is 2.20 bits per heavy atom. The molecule has 0 saturated carbocycles. The van der Waals surface area contributed by atoms with Crippen molar-refractivity contribution in [2.75, 3.05) is 13.2 Å². The van der Waals surface area contributed by atoms with Crippen LogP contribution < -0.4 is 0 Å². The molecular formula is C12H20O3. The molecule has 1 unspecified atom stereocenters. The number of rotatable bonds is 7. The average Bonchev–Trinajstić information content (AvgIpc) is 2.27. The number of ether oxygens (including phenoxy) is 1. The normalized spacial score (nSPS) is 14.9. The summed E-state index contributed by atoms with van der Waals surface area (Å²) in [5.41, 5.74) is 0.892. The molecule has 15 heavy (non-hydrogen) atoms. The standard InChI is InChI=1S/C12H20O3/c1-4-10(3)11(6-7-13)12(5-2)15-9-8-14/h5-7,10,14H,4,8-9H2,1-3H3. The molecule has 1 N–H and O–H groups in total. The van der Waals surface area contributed by atoms with E-state index in [0.29, 0.717) is 5.76 Å². The summed E-state index contributed by atoms with van der Waals surface area (Å²) in [5, 5.41) is 8.68. The summed E-state index contributed by atoms with van der Waals surface area (Å²) in [6, 6.07) is 0. The summed E-state index contributed by atoms with van der Waals surface area (Å²) in [7, 11) is 0. The van der Waals surface area contributed by atoms with Crippen molar-refractivity contribution < 1.29 is 14.6 Å². The Kier molecular flexibility index (Phi) is 7.64. The third-order valence-corrected chi connectivity index (χ3v) is 2.29. The van der Waals surface area contributed by atoms with Crippen LogP contribution in [0.5, 0.6) is 0 Å². The Morgan fingerprint density at radius 3 is 2.60 bits per heavy atom. The molecule has 0 aliphatic heterocycles. The number of aliphatic hydroxyl groups excluding tert-OH is 1. The largest absolute Gasteiger partial charge is 0.491 e. The van der Waals surface area contributed by atoms with Crippen molar-refractivity contribution >= 4 is 6.29 Å². The molecule has 0 spiro atoms. The molecule has 0 saturated heterocycles. The zero-order chi connectivity index (χ0) is 11.7. The maximum Gasteiger partial charge on any atom is 0.143 e. The molecule has 3 heteroatoms. The van der Waals surface area contributed by atoms with Crippen molar-refractivity contribution in [1.82, 2.24) is 0 Å². The third kappa shape index (κ3) is 4.79. The monoisotopic (exact) mass is 212 g/mol. The highest BCUT2D eigenvalue weighted by Gasteiger charge is 2.12. The van der Waals surface area contributed by atoms with Gasteiger partial charge >= 0.3 is 0 Å². The van der Waals surface area contributed by atoms with Gasteiger partial charge in [0.1, 0.15) is 18.7 Å². The van der Waals surface area contributed by atoms with Crippen LogP contribution in [0.1, 0.15) is 27.2 Å². The van der Waals surface area contributed by atoms with Gasteiger partial charge in [-0.2, -0.15) is 0 Å². The minimum absolute atomic E-state index is 0.0216. The molecule has 0 heterocycles. The van der Waals surface area contributed by atoms with Gasteiger partial charge in [-0.05, 0) is 37.0 Å². The Morgan fingerprint density at radius 1 is 1.53 bits per heavy atom. The molecule has 0 amide bonds.